The Morgan fingerprint density at radius 2 is 1.91 bits per heavy atom. The number of alkyl carbamates (subject to hydrolysis) is 1. The van der Waals surface area contributed by atoms with Gasteiger partial charge in [0.25, 0.3) is 0 Å². The minimum absolute atomic E-state index is 0.102. The molecular formula is C30H40N6O7. The molecule has 13 heteroatoms. The number of carboxylic acid groups (broad SMARTS) is 1. The van der Waals surface area contributed by atoms with Crippen LogP contribution < -0.4 is 15.4 Å². The first-order valence-electron chi connectivity index (χ1n) is 14.8. The Bertz CT molecular complexity index is 1430. The second kappa shape index (κ2) is 11.8. The van der Waals surface area contributed by atoms with Crippen LogP contribution in [-0.2, 0) is 19.1 Å². The molecule has 3 N–H and O–H groups in total. The summed E-state index contributed by atoms with van der Waals surface area (Å²) in [5.74, 6) is -1.80. The van der Waals surface area contributed by atoms with Gasteiger partial charge in [0.2, 0.25) is 11.8 Å². The lowest BCUT2D eigenvalue weighted by atomic mass is 10.0. The van der Waals surface area contributed by atoms with E-state index in [0.29, 0.717) is 29.6 Å². The molecule has 1 aromatic carbocycles. The highest BCUT2D eigenvalue weighted by atomic mass is 16.6. The van der Waals surface area contributed by atoms with Crippen molar-refractivity contribution in [2.45, 2.75) is 95.0 Å². The Hall–Kier alpha value is -4.16. The quantitative estimate of drug-likeness (QED) is 0.450. The summed E-state index contributed by atoms with van der Waals surface area (Å²) >= 11 is 0. The SMILES string of the molecule is COc1ccc2nn([C@H]3C[C@H]4C(=O)N[C@@]5(C(=O)O)C[C@@H]5/C=C\CCCCC[C@@H](NC(=O)OC(C)(C)C)C(=O)N4C3)nc2c1. The Balaban J connectivity index is 1.46. The van der Waals surface area contributed by atoms with E-state index in [1.54, 1.807) is 46.1 Å². The number of fused-ring (bicyclic) bond motifs is 3. The monoisotopic (exact) mass is 596 g/mol. The molecule has 1 saturated heterocycles. The summed E-state index contributed by atoms with van der Waals surface area (Å²) in [4.78, 5) is 55.9. The summed E-state index contributed by atoms with van der Waals surface area (Å²) in [5, 5.41) is 24.7. The number of amides is 3. The van der Waals surface area contributed by atoms with Gasteiger partial charge in [0.1, 0.15) is 40.0 Å². The average Bonchev–Trinajstić information content (AvgIpc) is 3.27. The van der Waals surface area contributed by atoms with Crippen molar-refractivity contribution in [3.8, 4) is 5.75 Å². The lowest BCUT2D eigenvalue weighted by Crippen LogP contribution is -2.56. The highest BCUT2D eigenvalue weighted by Gasteiger charge is 2.61. The van der Waals surface area contributed by atoms with Gasteiger partial charge in [-0.15, -0.1) is 0 Å². The van der Waals surface area contributed by atoms with Crippen LogP contribution in [0.4, 0.5) is 4.79 Å². The number of ether oxygens (including phenoxy) is 2. The lowest BCUT2D eigenvalue weighted by Gasteiger charge is -2.30. The first kappa shape index (κ1) is 30.3. The van der Waals surface area contributed by atoms with Crippen molar-refractivity contribution in [3.63, 3.8) is 0 Å². The van der Waals surface area contributed by atoms with Gasteiger partial charge in [0, 0.05) is 24.9 Å². The number of hydrogen-bond acceptors (Lipinski definition) is 8. The molecule has 0 unspecified atom stereocenters. The van der Waals surface area contributed by atoms with Gasteiger partial charge in [0.05, 0.1) is 13.2 Å². The number of carbonyl (C=O) groups is 4. The summed E-state index contributed by atoms with van der Waals surface area (Å²) in [6.45, 7) is 5.32. The Morgan fingerprint density at radius 3 is 2.63 bits per heavy atom. The molecule has 5 rings (SSSR count). The van der Waals surface area contributed by atoms with Crippen molar-refractivity contribution in [3.05, 3.63) is 30.4 Å². The standard InChI is InChI=1S/C30H40N6O7/c1-29(2,3)43-28(41)31-22-11-9-7-5-6-8-10-18-16-30(18,27(39)40)32-25(37)24-14-19(17-35(24)26(22)38)36-33-21-13-12-20(42-4)15-23(21)34-36/h8,10,12-13,15,18-19,22,24H,5-7,9,11,14,16-17H2,1-4H3,(H,31,41)(H,32,37)(H,39,40)/b10-8-/t18-,19-,22+,24-,30-/m0/s1. The molecule has 232 valence electrons. The number of hydrogen-bond donors (Lipinski definition) is 3. The number of allylic oxidation sites excluding steroid dienone is 1. The fourth-order valence-corrected chi connectivity index (χ4v) is 5.90. The third-order valence-electron chi connectivity index (χ3n) is 8.26. The van der Waals surface area contributed by atoms with Crippen LogP contribution in [-0.4, -0.2) is 85.8 Å². The number of benzene rings is 1. The Morgan fingerprint density at radius 1 is 1.14 bits per heavy atom. The van der Waals surface area contributed by atoms with Crippen LogP contribution in [0.5, 0.6) is 5.75 Å². The van der Waals surface area contributed by atoms with Crippen molar-refractivity contribution in [2.75, 3.05) is 13.7 Å². The lowest BCUT2D eigenvalue weighted by molar-refractivity contribution is -0.145. The number of aromatic nitrogens is 3. The maximum Gasteiger partial charge on any atom is 0.408 e. The zero-order valence-electron chi connectivity index (χ0n) is 25.0. The summed E-state index contributed by atoms with van der Waals surface area (Å²) in [6, 6.07) is 2.92. The molecule has 1 saturated carbocycles. The molecule has 0 bridgehead atoms. The molecule has 2 aliphatic heterocycles. The number of nitrogens with zero attached hydrogens (tertiary/aromatic N) is 4. The third kappa shape index (κ3) is 6.60. The second-order valence-corrected chi connectivity index (χ2v) is 12.6. The predicted molar refractivity (Wildman–Crippen MR) is 155 cm³/mol. The van der Waals surface area contributed by atoms with Crippen molar-refractivity contribution in [1.29, 1.82) is 0 Å². The van der Waals surface area contributed by atoms with Crippen LogP contribution >= 0.6 is 0 Å². The normalized spacial score (nSPS) is 29.0. The second-order valence-electron chi connectivity index (χ2n) is 12.6. The molecule has 0 spiro atoms. The minimum Gasteiger partial charge on any atom is -0.497 e. The van der Waals surface area contributed by atoms with Gasteiger partial charge in [-0.3, -0.25) is 9.59 Å². The maximum absolute atomic E-state index is 14.1. The molecule has 1 aromatic heterocycles. The zero-order chi connectivity index (χ0) is 30.9. The van der Waals surface area contributed by atoms with Gasteiger partial charge in [-0.1, -0.05) is 25.0 Å². The number of nitrogens with one attached hydrogen (secondary N) is 2. The Kier molecular flexibility index (Phi) is 8.35. The van der Waals surface area contributed by atoms with E-state index in [1.165, 1.54) is 9.70 Å². The summed E-state index contributed by atoms with van der Waals surface area (Å²) in [7, 11) is 1.56. The van der Waals surface area contributed by atoms with Crippen LogP contribution in [0.25, 0.3) is 11.0 Å². The van der Waals surface area contributed by atoms with E-state index < -0.39 is 53.1 Å². The van der Waals surface area contributed by atoms with Crippen molar-refractivity contribution in [1.82, 2.24) is 30.5 Å². The fourth-order valence-electron chi connectivity index (χ4n) is 5.90. The van der Waals surface area contributed by atoms with Crippen molar-refractivity contribution in [2.24, 2.45) is 5.92 Å². The smallest absolute Gasteiger partial charge is 0.408 e. The highest BCUT2D eigenvalue weighted by Crippen LogP contribution is 2.45. The minimum atomic E-state index is -1.41. The summed E-state index contributed by atoms with van der Waals surface area (Å²) in [6.07, 6.45) is 7.02. The van der Waals surface area contributed by atoms with Crippen molar-refractivity contribution >= 4 is 34.9 Å². The number of aliphatic carboxylic acids is 1. The molecule has 2 aromatic rings. The van der Waals surface area contributed by atoms with E-state index in [2.05, 4.69) is 20.8 Å². The zero-order valence-corrected chi connectivity index (χ0v) is 25.0. The van der Waals surface area contributed by atoms with Crippen LogP contribution in [0.15, 0.2) is 30.4 Å². The van der Waals surface area contributed by atoms with E-state index in [4.69, 9.17) is 9.47 Å². The van der Waals surface area contributed by atoms with Crippen LogP contribution in [0.1, 0.15) is 71.8 Å². The first-order valence-corrected chi connectivity index (χ1v) is 14.8. The first-order chi connectivity index (χ1) is 20.4. The number of rotatable bonds is 4. The largest absolute Gasteiger partial charge is 0.497 e. The van der Waals surface area contributed by atoms with Gasteiger partial charge < -0.3 is 30.1 Å². The fraction of sp³-hybridized carbons (Fsp3) is 0.600. The molecule has 3 aliphatic rings. The summed E-state index contributed by atoms with van der Waals surface area (Å²) in [5.41, 5.74) is -0.948. The molecule has 3 amide bonds. The van der Waals surface area contributed by atoms with Gasteiger partial charge >= 0.3 is 12.1 Å². The third-order valence-corrected chi connectivity index (χ3v) is 8.26. The van der Waals surface area contributed by atoms with E-state index in [-0.39, 0.29) is 25.3 Å². The number of methoxy groups -OCH3 is 1. The Labute approximate surface area is 249 Å². The van der Waals surface area contributed by atoms with Gasteiger partial charge in [-0.05, 0) is 58.6 Å². The number of carbonyl (C=O) groups excluding carboxylic acids is 3. The molecule has 43 heavy (non-hydrogen) atoms. The molecule has 2 fully saturated rings. The van der Waals surface area contributed by atoms with E-state index in [9.17, 15) is 24.3 Å². The molecule has 5 atom stereocenters. The van der Waals surface area contributed by atoms with Gasteiger partial charge in [-0.2, -0.15) is 15.0 Å². The molecule has 13 nitrogen and oxygen atoms in total. The average molecular weight is 597 g/mol. The molecule has 3 heterocycles. The predicted octanol–water partition coefficient (Wildman–Crippen LogP) is 2.96. The van der Waals surface area contributed by atoms with Gasteiger partial charge in [-0.25, -0.2) is 9.59 Å². The highest BCUT2D eigenvalue weighted by molar-refractivity contribution is 5.96. The maximum atomic E-state index is 14.1. The van der Waals surface area contributed by atoms with Crippen LogP contribution in [0.3, 0.4) is 0 Å². The summed E-state index contributed by atoms with van der Waals surface area (Å²) < 4.78 is 10.7. The molecular weight excluding hydrogens is 556 g/mol. The number of carboxylic acids is 1. The topological polar surface area (TPSA) is 165 Å². The van der Waals surface area contributed by atoms with Crippen LogP contribution in [0, 0.1) is 5.92 Å². The molecule has 1 aliphatic carbocycles. The van der Waals surface area contributed by atoms with E-state index in [1.807, 2.05) is 12.2 Å². The van der Waals surface area contributed by atoms with E-state index in [0.717, 1.165) is 19.3 Å². The van der Waals surface area contributed by atoms with E-state index >= 15 is 0 Å². The van der Waals surface area contributed by atoms with Crippen LogP contribution in [0.2, 0.25) is 0 Å². The van der Waals surface area contributed by atoms with Crippen molar-refractivity contribution < 1.29 is 33.8 Å². The molecule has 0 radical (unpaired) electrons. The van der Waals surface area contributed by atoms with Gasteiger partial charge in [0.15, 0.2) is 0 Å².